The van der Waals surface area contributed by atoms with Crippen molar-refractivity contribution in [3.63, 3.8) is 0 Å². The normalized spacial score (nSPS) is 16.3. The minimum atomic E-state index is -2.13. The summed E-state index contributed by atoms with van der Waals surface area (Å²) in [5, 5.41) is 42.3. The first-order valence-corrected chi connectivity index (χ1v) is 5.70. The molecule has 9 nitrogen and oxygen atoms in total. The van der Waals surface area contributed by atoms with Gasteiger partial charge in [0.2, 0.25) is 0 Å². The van der Waals surface area contributed by atoms with Crippen LogP contribution in [0.3, 0.4) is 0 Å². The first-order valence-electron chi connectivity index (χ1n) is 5.70. The van der Waals surface area contributed by atoms with Crippen LogP contribution in [0.15, 0.2) is 0 Å². The van der Waals surface area contributed by atoms with Gasteiger partial charge in [-0.2, -0.15) is 0 Å². The highest BCUT2D eigenvalue weighted by Crippen LogP contribution is 2.09. The SMILES string of the molecule is CCC(CC)NC(C(O)[N+](=O)[O-])C(CO)[N+](=O)[O-]. The van der Waals surface area contributed by atoms with Crippen molar-refractivity contribution in [2.45, 2.75) is 51.0 Å². The van der Waals surface area contributed by atoms with Crippen LogP contribution in [0.4, 0.5) is 0 Å². The third kappa shape index (κ3) is 4.51. The Kier molecular flexibility index (Phi) is 7.32. The summed E-state index contributed by atoms with van der Waals surface area (Å²) in [4.78, 5) is 19.4. The number of nitro groups is 2. The van der Waals surface area contributed by atoms with E-state index < -0.39 is 34.8 Å². The molecule has 0 radical (unpaired) electrons. The molecule has 0 fully saturated rings. The number of aliphatic hydroxyl groups excluding tert-OH is 2. The van der Waals surface area contributed by atoms with Crippen molar-refractivity contribution in [1.82, 2.24) is 5.32 Å². The molecule has 0 aliphatic carbocycles. The Morgan fingerprint density at radius 2 is 1.67 bits per heavy atom. The summed E-state index contributed by atoms with van der Waals surface area (Å²) in [6, 6.07) is -3.24. The average Bonchev–Trinajstić information content (AvgIpc) is 2.32. The van der Waals surface area contributed by atoms with Crippen LogP contribution in [0.1, 0.15) is 26.7 Å². The Labute approximate surface area is 104 Å². The first-order chi connectivity index (χ1) is 8.38. The number of rotatable bonds is 9. The minimum absolute atomic E-state index is 0.196. The standard InChI is InChI=1S/C9H19N3O6/c1-3-6(4-2)10-8(9(14)12(17)18)7(5-13)11(15)16/h6-10,13-14H,3-5H2,1-2H3. The lowest BCUT2D eigenvalue weighted by molar-refractivity contribution is -0.600. The third-order valence-electron chi connectivity index (χ3n) is 2.82. The molecular formula is C9H19N3O6. The summed E-state index contributed by atoms with van der Waals surface area (Å²) >= 11 is 0. The Balaban J connectivity index is 5.02. The summed E-state index contributed by atoms with van der Waals surface area (Å²) in [6.45, 7) is 2.75. The maximum absolute atomic E-state index is 10.7. The van der Waals surface area contributed by atoms with Crippen LogP contribution >= 0.6 is 0 Å². The molecule has 0 aliphatic heterocycles. The fourth-order valence-corrected chi connectivity index (χ4v) is 1.63. The fraction of sp³-hybridized carbons (Fsp3) is 1.00. The van der Waals surface area contributed by atoms with E-state index in [0.717, 1.165) is 0 Å². The van der Waals surface area contributed by atoms with Crippen molar-refractivity contribution < 1.29 is 20.1 Å². The molecule has 0 aromatic carbocycles. The Hall–Kier alpha value is -1.32. The second-order valence-corrected chi connectivity index (χ2v) is 3.94. The molecule has 9 heteroatoms. The third-order valence-corrected chi connectivity index (χ3v) is 2.82. The largest absolute Gasteiger partial charge is 0.389 e. The van der Waals surface area contributed by atoms with Gasteiger partial charge >= 0.3 is 6.23 Å². The molecule has 0 aromatic rings. The van der Waals surface area contributed by atoms with Crippen LogP contribution in [0.2, 0.25) is 0 Å². The van der Waals surface area contributed by atoms with Crippen molar-refractivity contribution >= 4 is 0 Å². The molecule has 0 saturated carbocycles. The predicted molar refractivity (Wildman–Crippen MR) is 62.2 cm³/mol. The molecule has 0 amide bonds. The average molecular weight is 265 g/mol. The van der Waals surface area contributed by atoms with Crippen LogP contribution in [-0.2, 0) is 0 Å². The highest BCUT2D eigenvalue weighted by molar-refractivity contribution is 4.81. The molecule has 0 heterocycles. The maximum Gasteiger partial charge on any atom is 0.335 e. The summed E-state index contributed by atoms with van der Waals surface area (Å²) in [7, 11) is 0. The number of hydrogen-bond donors (Lipinski definition) is 3. The lowest BCUT2D eigenvalue weighted by atomic mass is 10.0. The van der Waals surface area contributed by atoms with Gasteiger partial charge in [-0.25, -0.2) is 0 Å². The van der Waals surface area contributed by atoms with E-state index >= 15 is 0 Å². The molecule has 0 aromatic heterocycles. The molecule has 0 spiro atoms. The van der Waals surface area contributed by atoms with E-state index in [1.807, 2.05) is 13.8 Å². The highest BCUT2D eigenvalue weighted by atomic mass is 16.7. The summed E-state index contributed by atoms with van der Waals surface area (Å²) in [5.74, 6) is 0. The van der Waals surface area contributed by atoms with Crippen LogP contribution in [-0.4, -0.2) is 51.0 Å². The molecule has 0 aliphatic rings. The van der Waals surface area contributed by atoms with Gasteiger partial charge in [0.25, 0.3) is 6.04 Å². The van der Waals surface area contributed by atoms with Gasteiger partial charge in [-0.15, -0.1) is 0 Å². The van der Waals surface area contributed by atoms with Gasteiger partial charge in [-0.1, -0.05) is 13.8 Å². The lowest BCUT2D eigenvalue weighted by Gasteiger charge is -2.25. The van der Waals surface area contributed by atoms with Crippen molar-refractivity contribution in [2.75, 3.05) is 6.61 Å². The van der Waals surface area contributed by atoms with E-state index in [1.54, 1.807) is 0 Å². The summed E-state index contributed by atoms with van der Waals surface area (Å²) in [5.41, 5.74) is 0. The van der Waals surface area contributed by atoms with Gasteiger partial charge in [0.15, 0.2) is 6.04 Å². The van der Waals surface area contributed by atoms with Crippen molar-refractivity contribution in [3.05, 3.63) is 20.2 Å². The Morgan fingerprint density at radius 1 is 1.17 bits per heavy atom. The molecule has 3 unspecified atom stereocenters. The smallest absolute Gasteiger partial charge is 0.335 e. The Bertz CT molecular complexity index is 283. The van der Waals surface area contributed by atoms with Gasteiger partial charge < -0.3 is 10.2 Å². The molecule has 0 saturated heterocycles. The van der Waals surface area contributed by atoms with E-state index in [1.165, 1.54) is 0 Å². The van der Waals surface area contributed by atoms with E-state index in [-0.39, 0.29) is 6.04 Å². The molecular weight excluding hydrogens is 246 g/mol. The van der Waals surface area contributed by atoms with Crippen molar-refractivity contribution in [1.29, 1.82) is 0 Å². The molecule has 0 bridgehead atoms. The number of hydrogen-bond acceptors (Lipinski definition) is 7. The zero-order valence-electron chi connectivity index (χ0n) is 10.4. The Morgan fingerprint density at radius 3 is 1.94 bits per heavy atom. The molecule has 3 atom stereocenters. The second-order valence-electron chi connectivity index (χ2n) is 3.94. The zero-order valence-corrected chi connectivity index (χ0v) is 10.4. The predicted octanol–water partition coefficient (Wildman–Crippen LogP) is -0.634. The number of nitrogens with zero attached hydrogens (tertiary/aromatic N) is 2. The van der Waals surface area contributed by atoms with Gasteiger partial charge in [-0.05, 0) is 12.8 Å². The maximum atomic E-state index is 10.7. The lowest BCUT2D eigenvalue weighted by Crippen LogP contribution is -2.58. The van der Waals surface area contributed by atoms with Crippen LogP contribution in [0.25, 0.3) is 0 Å². The molecule has 106 valence electrons. The van der Waals surface area contributed by atoms with E-state index in [2.05, 4.69) is 5.32 Å². The quantitative estimate of drug-likeness (QED) is 0.286. The van der Waals surface area contributed by atoms with Crippen LogP contribution in [0.5, 0.6) is 0 Å². The monoisotopic (exact) mass is 265 g/mol. The topological polar surface area (TPSA) is 139 Å². The first kappa shape index (κ1) is 16.7. The number of nitrogens with one attached hydrogen (secondary N) is 1. The van der Waals surface area contributed by atoms with Crippen molar-refractivity contribution in [3.8, 4) is 0 Å². The van der Waals surface area contributed by atoms with Crippen molar-refractivity contribution in [2.24, 2.45) is 0 Å². The highest BCUT2D eigenvalue weighted by Gasteiger charge is 2.43. The summed E-state index contributed by atoms with van der Waals surface area (Å²) in [6.07, 6.45) is -0.922. The van der Waals surface area contributed by atoms with Crippen LogP contribution in [0, 0.1) is 20.2 Å². The van der Waals surface area contributed by atoms with Gasteiger partial charge in [0, 0.05) is 11.0 Å². The zero-order chi connectivity index (χ0) is 14.3. The van der Waals surface area contributed by atoms with E-state index in [4.69, 9.17) is 5.11 Å². The second kappa shape index (κ2) is 7.90. The summed E-state index contributed by atoms with van der Waals surface area (Å²) < 4.78 is 0. The number of aliphatic hydroxyl groups is 2. The van der Waals surface area contributed by atoms with Crippen LogP contribution < -0.4 is 5.32 Å². The van der Waals surface area contributed by atoms with Gasteiger partial charge in [0.1, 0.15) is 6.61 Å². The molecule has 0 rings (SSSR count). The van der Waals surface area contributed by atoms with Gasteiger partial charge in [0.05, 0.1) is 4.92 Å². The van der Waals surface area contributed by atoms with Gasteiger partial charge in [-0.3, -0.25) is 25.5 Å². The molecule has 18 heavy (non-hydrogen) atoms. The molecule has 3 N–H and O–H groups in total. The fourth-order valence-electron chi connectivity index (χ4n) is 1.63. The van der Waals surface area contributed by atoms with E-state index in [0.29, 0.717) is 12.8 Å². The minimum Gasteiger partial charge on any atom is -0.389 e. The van der Waals surface area contributed by atoms with E-state index in [9.17, 15) is 25.3 Å².